The summed E-state index contributed by atoms with van der Waals surface area (Å²) in [6.07, 6.45) is 1.45. The Morgan fingerprint density at radius 3 is 2.67 bits per heavy atom. The van der Waals surface area contributed by atoms with Crippen molar-refractivity contribution in [3.8, 4) is 0 Å². The van der Waals surface area contributed by atoms with Crippen molar-refractivity contribution in [3.05, 3.63) is 46.7 Å². The van der Waals surface area contributed by atoms with Gasteiger partial charge in [-0.15, -0.1) is 0 Å². The zero-order chi connectivity index (χ0) is 13.1. The Morgan fingerprint density at radius 2 is 2.11 bits per heavy atom. The van der Waals surface area contributed by atoms with Crippen LogP contribution in [0.1, 0.15) is 20.8 Å². The summed E-state index contributed by atoms with van der Waals surface area (Å²) in [5, 5.41) is 17.6. The van der Waals surface area contributed by atoms with Crippen LogP contribution in [-0.4, -0.2) is 27.2 Å². The van der Waals surface area contributed by atoms with Gasteiger partial charge in [-0.25, -0.2) is 4.79 Å². The van der Waals surface area contributed by atoms with Gasteiger partial charge in [0.05, 0.1) is 16.3 Å². The molecule has 3 N–H and O–H groups in total. The van der Waals surface area contributed by atoms with Crippen LogP contribution < -0.4 is 5.32 Å². The molecule has 2 rings (SSSR count). The largest absolute Gasteiger partial charge is 0.478 e. The second-order valence-corrected chi connectivity index (χ2v) is 3.83. The van der Waals surface area contributed by atoms with Crippen molar-refractivity contribution < 1.29 is 14.7 Å². The van der Waals surface area contributed by atoms with E-state index in [0.29, 0.717) is 5.69 Å². The maximum Gasteiger partial charge on any atom is 0.335 e. The average molecular weight is 266 g/mol. The van der Waals surface area contributed by atoms with Crippen molar-refractivity contribution in [1.82, 2.24) is 10.2 Å². The van der Waals surface area contributed by atoms with Crippen LogP contribution in [-0.2, 0) is 0 Å². The summed E-state index contributed by atoms with van der Waals surface area (Å²) in [6, 6.07) is 5.57. The number of hydrogen-bond acceptors (Lipinski definition) is 3. The van der Waals surface area contributed by atoms with Crippen molar-refractivity contribution >= 4 is 29.2 Å². The number of benzene rings is 1. The van der Waals surface area contributed by atoms with E-state index in [1.54, 1.807) is 0 Å². The third kappa shape index (κ3) is 2.49. The van der Waals surface area contributed by atoms with Crippen molar-refractivity contribution in [2.24, 2.45) is 0 Å². The number of carbonyl (C=O) groups is 2. The van der Waals surface area contributed by atoms with Crippen LogP contribution >= 0.6 is 11.6 Å². The van der Waals surface area contributed by atoms with Crippen LogP contribution in [0.5, 0.6) is 0 Å². The fourth-order valence-electron chi connectivity index (χ4n) is 1.32. The molecule has 0 atom stereocenters. The summed E-state index contributed by atoms with van der Waals surface area (Å²) in [4.78, 5) is 22.4. The first-order valence-electron chi connectivity index (χ1n) is 4.91. The highest BCUT2D eigenvalue weighted by atomic mass is 35.5. The summed E-state index contributed by atoms with van der Waals surface area (Å²) < 4.78 is 0. The highest BCUT2D eigenvalue weighted by Crippen LogP contribution is 2.23. The van der Waals surface area contributed by atoms with Gasteiger partial charge in [-0.05, 0) is 24.3 Å². The first-order valence-corrected chi connectivity index (χ1v) is 5.29. The molecule has 1 amide bonds. The zero-order valence-electron chi connectivity index (χ0n) is 8.98. The van der Waals surface area contributed by atoms with Gasteiger partial charge in [-0.2, -0.15) is 5.10 Å². The highest BCUT2D eigenvalue weighted by Gasteiger charge is 2.11. The zero-order valence-corrected chi connectivity index (χ0v) is 9.73. The van der Waals surface area contributed by atoms with Crippen LogP contribution in [0.2, 0.25) is 5.02 Å². The molecule has 0 fully saturated rings. The second kappa shape index (κ2) is 4.89. The van der Waals surface area contributed by atoms with E-state index in [4.69, 9.17) is 16.7 Å². The number of anilines is 1. The van der Waals surface area contributed by atoms with E-state index in [-0.39, 0.29) is 16.3 Å². The van der Waals surface area contributed by atoms with Crippen molar-refractivity contribution in [3.63, 3.8) is 0 Å². The third-order valence-electron chi connectivity index (χ3n) is 2.21. The fourth-order valence-corrected chi connectivity index (χ4v) is 1.55. The number of halogens is 1. The second-order valence-electron chi connectivity index (χ2n) is 3.42. The lowest BCUT2D eigenvalue weighted by atomic mass is 10.2. The van der Waals surface area contributed by atoms with E-state index in [9.17, 15) is 9.59 Å². The standard InChI is InChI=1S/C11H8ClN3O3/c12-7-5-6(11(17)18)1-2-8(7)14-10(16)9-3-4-13-15-9/h1-5H,(H,13,15)(H,14,16)(H,17,18). The fraction of sp³-hybridized carbons (Fsp3) is 0. The number of aromatic amines is 1. The van der Waals surface area contributed by atoms with E-state index in [0.717, 1.165) is 0 Å². The summed E-state index contributed by atoms with van der Waals surface area (Å²) in [5.41, 5.74) is 0.675. The predicted molar refractivity (Wildman–Crippen MR) is 65.0 cm³/mol. The molecule has 0 unspecified atom stereocenters. The third-order valence-corrected chi connectivity index (χ3v) is 2.52. The Morgan fingerprint density at radius 1 is 1.33 bits per heavy atom. The SMILES string of the molecule is O=C(O)c1ccc(NC(=O)c2ccn[nH]2)c(Cl)c1. The van der Waals surface area contributed by atoms with Crippen LogP contribution in [0, 0.1) is 0 Å². The number of aromatic nitrogens is 2. The van der Waals surface area contributed by atoms with E-state index >= 15 is 0 Å². The number of carboxylic acid groups (broad SMARTS) is 1. The lowest BCUT2D eigenvalue weighted by Gasteiger charge is -2.06. The maximum atomic E-state index is 11.7. The number of amides is 1. The van der Waals surface area contributed by atoms with Gasteiger partial charge >= 0.3 is 5.97 Å². The Kier molecular flexibility index (Phi) is 3.29. The number of nitrogens with zero attached hydrogens (tertiary/aromatic N) is 1. The first-order chi connectivity index (χ1) is 8.58. The average Bonchev–Trinajstić information content (AvgIpc) is 2.85. The van der Waals surface area contributed by atoms with E-state index in [2.05, 4.69) is 15.5 Å². The number of carboxylic acids is 1. The number of nitrogens with one attached hydrogen (secondary N) is 2. The molecular formula is C11H8ClN3O3. The summed E-state index contributed by atoms with van der Waals surface area (Å²) >= 11 is 5.88. The maximum absolute atomic E-state index is 11.7. The molecular weight excluding hydrogens is 258 g/mol. The molecule has 0 saturated carbocycles. The summed E-state index contributed by atoms with van der Waals surface area (Å²) in [6.45, 7) is 0. The molecule has 1 heterocycles. The van der Waals surface area contributed by atoms with E-state index < -0.39 is 11.9 Å². The Bertz CT molecular complexity index is 596. The minimum Gasteiger partial charge on any atom is -0.478 e. The van der Waals surface area contributed by atoms with Gasteiger partial charge < -0.3 is 10.4 Å². The first kappa shape index (κ1) is 12.1. The molecule has 0 spiro atoms. The molecule has 0 bridgehead atoms. The van der Waals surface area contributed by atoms with Gasteiger partial charge in [0, 0.05) is 6.20 Å². The van der Waals surface area contributed by atoms with Gasteiger partial charge in [-0.1, -0.05) is 11.6 Å². The molecule has 0 radical (unpaired) electrons. The topological polar surface area (TPSA) is 95.1 Å². The summed E-state index contributed by atoms with van der Waals surface area (Å²) in [5.74, 6) is -1.49. The van der Waals surface area contributed by atoms with E-state index in [1.165, 1.54) is 30.5 Å². The quantitative estimate of drug-likeness (QED) is 0.791. The highest BCUT2D eigenvalue weighted by molar-refractivity contribution is 6.34. The molecule has 7 heteroatoms. The molecule has 6 nitrogen and oxygen atoms in total. The minimum atomic E-state index is -1.08. The summed E-state index contributed by atoms with van der Waals surface area (Å²) in [7, 11) is 0. The van der Waals surface area contributed by atoms with Crippen LogP contribution in [0.3, 0.4) is 0 Å². The number of hydrogen-bond donors (Lipinski definition) is 3. The van der Waals surface area contributed by atoms with Gasteiger partial charge in [-0.3, -0.25) is 9.89 Å². The Balaban J connectivity index is 2.20. The minimum absolute atomic E-state index is 0.0551. The van der Waals surface area contributed by atoms with Crippen molar-refractivity contribution in [2.75, 3.05) is 5.32 Å². The smallest absolute Gasteiger partial charge is 0.335 e. The van der Waals surface area contributed by atoms with Gasteiger partial charge in [0.1, 0.15) is 5.69 Å². The van der Waals surface area contributed by atoms with Crippen LogP contribution in [0.15, 0.2) is 30.5 Å². The molecule has 2 aromatic rings. The lowest BCUT2D eigenvalue weighted by molar-refractivity contribution is 0.0696. The molecule has 0 aliphatic heterocycles. The van der Waals surface area contributed by atoms with Gasteiger partial charge in [0.2, 0.25) is 0 Å². The monoisotopic (exact) mass is 265 g/mol. The van der Waals surface area contributed by atoms with Crippen LogP contribution in [0.4, 0.5) is 5.69 Å². The molecule has 0 aliphatic carbocycles. The number of aromatic carboxylic acids is 1. The normalized spacial score (nSPS) is 10.1. The Labute approximate surface area is 107 Å². The predicted octanol–water partition coefficient (Wildman–Crippen LogP) is 2.01. The molecule has 92 valence electrons. The molecule has 0 aliphatic rings. The lowest BCUT2D eigenvalue weighted by Crippen LogP contribution is -2.13. The molecule has 0 saturated heterocycles. The molecule has 1 aromatic carbocycles. The number of carbonyl (C=O) groups excluding carboxylic acids is 1. The van der Waals surface area contributed by atoms with E-state index in [1.807, 2.05) is 0 Å². The Hall–Kier alpha value is -2.34. The molecule has 18 heavy (non-hydrogen) atoms. The van der Waals surface area contributed by atoms with Crippen molar-refractivity contribution in [2.45, 2.75) is 0 Å². The number of rotatable bonds is 3. The van der Waals surface area contributed by atoms with Crippen LogP contribution in [0.25, 0.3) is 0 Å². The number of H-pyrrole nitrogens is 1. The van der Waals surface area contributed by atoms with Gasteiger partial charge in [0.25, 0.3) is 5.91 Å². The van der Waals surface area contributed by atoms with Gasteiger partial charge in [0.15, 0.2) is 0 Å². The van der Waals surface area contributed by atoms with Crippen molar-refractivity contribution in [1.29, 1.82) is 0 Å². The molecule has 1 aromatic heterocycles.